The number of carbonyl (C=O) groups is 1. The van der Waals surface area contributed by atoms with Gasteiger partial charge in [-0.2, -0.15) is 0 Å². The molecule has 0 radical (unpaired) electrons. The van der Waals surface area contributed by atoms with Crippen molar-refractivity contribution in [3.8, 4) is 0 Å². The van der Waals surface area contributed by atoms with E-state index in [1.165, 1.54) is 148 Å². The molecule has 0 aliphatic rings. The maximum Gasteiger partial charge on any atom is 0.470 e. The van der Waals surface area contributed by atoms with Gasteiger partial charge < -0.3 is 25.7 Å². The lowest BCUT2D eigenvalue weighted by Gasteiger charge is -2.38. The first-order valence-electron chi connectivity index (χ1n) is 21.5. The smallest absolute Gasteiger partial charge is 0.393 e. The molecule has 0 heterocycles. The molecular weight excluding hydrogens is 649 g/mol. The van der Waals surface area contributed by atoms with Gasteiger partial charge in [0.15, 0.2) is 11.4 Å². The van der Waals surface area contributed by atoms with Gasteiger partial charge in [0.25, 0.3) is 0 Å². The number of hydrogen-bond acceptors (Lipinski definition) is 6. The Morgan fingerprint density at radius 3 is 1.12 bits per heavy atom. The van der Waals surface area contributed by atoms with Crippen molar-refractivity contribution in [3.63, 3.8) is 0 Å². The highest BCUT2D eigenvalue weighted by Crippen LogP contribution is 2.46. The molecule has 3 unspecified atom stereocenters. The van der Waals surface area contributed by atoms with Crippen molar-refractivity contribution in [2.75, 3.05) is 6.61 Å². The third-order valence-electron chi connectivity index (χ3n) is 10.5. The average molecular weight is 734 g/mol. The third-order valence-corrected chi connectivity index (χ3v) is 11.1. The predicted molar refractivity (Wildman–Crippen MR) is 210 cm³/mol. The fourth-order valence-corrected chi connectivity index (χ4v) is 8.05. The lowest BCUT2D eigenvalue weighted by molar-refractivity contribution is -0.150. The maximum atomic E-state index is 13.3. The summed E-state index contributed by atoms with van der Waals surface area (Å²) in [7, 11) is -5.11. The highest BCUT2D eigenvalue weighted by molar-refractivity contribution is 7.46. The van der Waals surface area contributed by atoms with E-state index in [-0.39, 0.29) is 6.42 Å². The minimum atomic E-state index is -5.11. The first-order chi connectivity index (χ1) is 24.1. The number of aliphatic hydroxyl groups is 2. The molecule has 0 aromatic heterocycles. The molecule has 9 heteroatoms. The van der Waals surface area contributed by atoms with Gasteiger partial charge in [0.2, 0.25) is 0 Å². The summed E-state index contributed by atoms with van der Waals surface area (Å²) in [5.74, 6) is -0.937. The number of unbranched alkanes of at least 4 members (excludes halogenated alkanes) is 30. The number of rotatable bonds is 40. The SMILES string of the molecule is CCCCCCCCCCCCCCCCCCC(N)C(CCCCCCCCCCCCCCCCCC)(OP(=O)(O)O)C(=O)C(O)CO. The van der Waals surface area contributed by atoms with Crippen molar-refractivity contribution in [2.45, 2.75) is 250 Å². The van der Waals surface area contributed by atoms with E-state index in [4.69, 9.17) is 10.3 Å². The van der Waals surface area contributed by atoms with E-state index in [1.807, 2.05) is 0 Å². The van der Waals surface area contributed by atoms with Gasteiger partial charge in [0.05, 0.1) is 6.61 Å². The Morgan fingerprint density at radius 2 is 0.840 bits per heavy atom. The highest BCUT2D eigenvalue weighted by Gasteiger charge is 2.50. The molecule has 0 fully saturated rings. The zero-order chi connectivity index (χ0) is 37.2. The molecule has 8 nitrogen and oxygen atoms in total. The Kier molecular flexibility index (Phi) is 34.2. The zero-order valence-corrected chi connectivity index (χ0v) is 33.8. The summed E-state index contributed by atoms with van der Waals surface area (Å²) >= 11 is 0. The summed E-state index contributed by atoms with van der Waals surface area (Å²) in [5, 5.41) is 19.8. The Labute approximate surface area is 309 Å². The van der Waals surface area contributed by atoms with Gasteiger partial charge in [0.1, 0.15) is 6.10 Å². The van der Waals surface area contributed by atoms with Crippen molar-refractivity contribution in [2.24, 2.45) is 5.73 Å². The first kappa shape index (κ1) is 49.7. The molecule has 0 spiro atoms. The van der Waals surface area contributed by atoms with E-state index >= 15 is 0 Å². The summed E-state index contributed by atoms with van der Waals surface area (Å²) in [6.07, 6.45) is 37.3. The summed E-state index contributed by atoms with van der Waals surface area (Å²) < 4.78 is 17.3. The monoisotopic (exact) mass is 734 g/mol. The van der Waals surface area contributed by atoms with Crippen molar-refractivity contribution >= 4 is 13.6 Å². The van der Waals surface area contributed by atoms with Crippen LogP contribution in [0.5, 0.6) is 0 Å². The quantitative estimate of drug-likeness (QED) is 0.0308. The molecule has 0 saturated heterocycles. The number of hydrogen-bond donors (Lipinski definition) is 5. The summed E-state index contributed by atoms with van der Waals surface area (Å²) in [6.45, 7) is 3.66. The topological polar surface area (TPSA) is 150 Å². The minimum absolute atomic E-state index is 0.00642. The van der Waals surface area contributed by atoms with Crippen LogP contribution in [0.15, 0.2) is 0 Å². The number of Topliss-reactive ketones (excluding diaryl/α,β-unsaturated/α-hetero) is 1. The number of nitrogens with two attached hydrogens (primary N) is 1. The van der Waals surface area contributed by atoms with Crippen molar-refractivity contribution in [1.29, 1.82) is 0 Å². The van der Waals surface area contributed by atoms with Crippen LogP contribution in [0.4, 0.5) is 0 Å². The largest absolute Gasteiger partial charge is 0.470 e. The summed E-state index contributed by atoms with van der Waals surface area (Å²) in [6, 6.07) is -0.994. The number of ketones is 1. The number of phosphoric acid groups is 1. The molecule has 0 saturated carbocycles. The lowest BCUT2D eigenvalue weighted by atomic mass is 9.80. The number of aliphatic hydroxyl groups excluding tert-OH is 2. The van der Waals surface area contributed by atoms with E-state index in [1.54, 1.807) is 0 Å². The van der Waals surface area contributed by atoms with Crippen LogP contribution in [-0.2, 0) is 13.9 Å². The van der Waals surface area contributed by atoms with Gasteiger partial charge in [-0.15, -0.1) is 0 Å². The molecule has 3 atom stereocenters. The van der Waals surface area contributed by atoms with Crippen LogP contribution in [0.25, 0.3) is 0 Å². The molecule has 0 aromatic carbocycles. The van der Waals surface area contributed by atoms with E-state index in [0.717, 1.165) is 44.9 Å². The highest BCUT2D eigenvalue weighted by atomic mass is 31.2. The fraction of sp³-hybridized carbons (Fsp3) is 0.976. The second-order valence-corrected chi connectivity index (χ2v) is 16.4. The maximum absolute atomic E-state index is 13.3. The first-order valence-corrected chi connectivity index (χ1v) is 23.0. The average Bonchev–Trinajstić information content (AvgIpc) is 3.09. The summed E-state index contributed by atoms with van der Waals surface area (Å²) in [4.78, 5) is 32.9. The fourth-order valence-electron chi connectivity index (χ4n) is 7.31. The van der Waals surface area contributed by atoms with Crippen LogP contribution in [-0.4, -0.2) is 50.1 Å². The van der Waals surface area contributed by atoms with Gasteiger partial charge in [0, 0.05) is 6.04 Å². The van der Waals surface area contributed by atoms with Gasteiger partial charge in [-0.25, -0.2) is 4.57 Å². The van der Waals surface area contributed by atoms with Crippen LogP contribution in [0.3, 0.4) is 0 Å². The Bertz CT molecular complexity index is 795. The molecular formula is C41H84NO7P. The molecule has 0 aliphatic heterocycles. The van der Waals surface area contributed by atoms with Crippen LogP contribution >= 0.6 is 7.82 Å². The van der Waals surface area contributed by atoms with Crippen molar-refractivity contribution in [1.82, 2.24) is 0 Å². The van der Waals surface area contributed by atoms with Gasteiger partial charge in [-0.1, -0.05) is 219 Å². The van der Waals surface area contributed by atoms with E-state index in [0.29, 0.717) is 19.3 Å². The third kappa shape index (κ3) is 28.2. The van der Waals surface area contributed by atoms with E-state index in [2.05, 4.69) is 13.8 Å². The Morgan fingerprint density at radius 1 is 0.560 bits per heavy atom. The molecule has 50 heavy (non-hydrogen) atoms. The molecule has 0 aromatic rings. The summed E-state index contributed by atoms with van der Waals surface area (Å²) in [5.41, 5.74) is 4.46. The lowest BCUT2D eigenvalue weighted by Crippen LogP contribution is -2.59. The van der Waals surface area contributed by atoms with Gasteiger partial charge >= 0.3 is 7.82 Å². The number of phosphoric ester groups is 1. The zero-order valence-electron chi connectivity index (χ0n) is 32.9. The second-order valence-electron chi connectivity index (χ2n) is 15.3. The van der Waals surface area contributed by atoms with Crippen molar-refractivity contribution in [3.05, 3.63) is 0 Å². The van der Waals surface area contributed by atoms with E-state index in [9.17, 15) is 29.4 Å². The minimum Gasteiger partial charge on any atom is -0.393 e. The Balaban J connectivity index is 4.45. The molecule has 6 N–H and O–H groups in total. The van der Waals surface area contributed by atoms with Crippen molar-refractivity contribution < 1.29 is 33.9 Å². The van der Waals surface area contributed by atoms with Crippen LogP contribution in [0.2, 0.25) is 0 Å². The van der Waals surface area contributed by atoms with Crippen LogP contribution in [0.1, 0.15) is 232 Å². The van der Waals surface area contributed by atoms with Crippen LogP contribution < -0.4 is 5.73 Å². The molecule has 0 aliphatic carbocycles. The molecule has 300 valence electrons. The molecule has 0 amide bonds. The Hall–Kier alpha value is -0.340. The second kappa shape index (κ2) is 34.4. The predicted octanol–water partition coefficient (Wildman–Crippen LogP) is 11.4. The van der Waals surface area contributed by atoms with E-state index < -0.39 is 38.0 Å². The molecule has 0 rings (SSSR count). The van der Waals surface area contributed by atoms with Gasteiger partial charge in [-0.05, 0) is 12.8 Å². The van der Waals surface area contributed by atoms with Gasteiger partial charge in [-0.3, -0.25) is 9.32 Å². The number of carbonyl (C=O) groups excluding carboxylic acids is 1. The van der Waals surface area contributed by atoms with Crippen LogP contribution in [0, 0.1) is 0 Å². The normalized spacial score (nSPS) is 14.5. The standard InChI is InChI=1S/C41H84NO7P/c1-3-5-7-9-11-13-15-17-19-21-23-25-27-29-31-33-35-39(42)41(49-50(46,47)48,40(45)38(44)37-43)36-34-32-30-28-26-24-22-20-18-16-14-12-10-8-6-4-2/h38-39,43-44H,3-37,42H2,1-2H3,(H2,46,47,48). The molecule has 0 bridgehead atoms.